The van der Waals surface area contributed by atoms with E-state index in [1.54, 1.807) is 0 Å². The maximum atomic E-state index is 11.9. The summed E-state index contributed by atoms with van der Waals surface area (Å²) in [5, 5.41) is 5.89. The van der Waals surface area contributed by atoms with Crippen molar-refractivity contribution in [2.24, 2.45) is 5.92 Å². The number of anilines is 1. The summed E-state index contributed by atoms with van der Waals surface area (Å²) in [4.78, 5) is 11.9. The minimum Gasteiger partial charge on any atom is -0.491 e. The van der Waals surface area contributed by atoms with Crippen LogP contribution in [0.4, 0.5) is 5.69 Å². The SMILES string of the molecule is CCCOc1ccccc1NC(=O)C(C)CNC. The average molecular weight is 250 g/mol. The molecule has 0 saturated heterocycles. The van der Waals surface area contributed by atoms with E-state index in [0.29, 0.717) is 13.2 Å². The molecule has 1 aromatic carbocycles. The van der Waals surface area contributed by atoms with Crippen molar-refractivity contribution < 1.29 is 9.53 Å². The second-order valence-corrected chi connectivity index (χ2v) is 4.29. The van der Waals surface area contributed by atoms with Gasteiger partial charge in [0.05, 0.1) is 12.3 Å². The largest absolute Gasteiger partial charge is 0.491 e. The lowest BCUT2D eigenvalue weighted by molar-refractivity contribution is -0.119. The molecule has 18 heavy (non-hydrogen) atoms. The number of amides is 1. The predicted octanol–water partition coefficient (Wildman–Crippen LogP) is 2.27. The number of carbonyl (C=O) groups excluding carboxylic acids is 1. The lowest BCUT2D eigenvalue weighted by Crippen LogP contribution is -2.28. The Hall–Kier alpha value is -1.55. The van der Waals surface area contributed by atoms with Crippen LogP contribution in [-0.4, -0.2) is 26.1 Å². The van der Waals surface area contributed by atoms with Gasteiger partial charge in [-0.3, -0.25) is 4.79 Å². The molecule has 0 spiro atoms. The number of rotatable bonds is 7. The third-order valence-corrected chi connectivity index (χ3v) is 2.56. The Labute approximate surface area is 109 Å². The zero-order valence-electron chi connectivity index (χ0n) is 11.3. The van der Waals surface area contributed by atoms with Crippen molar-refractivity contribution in [3.8, 4) is 5.75 Å². The predicted molar refractivity (Wildman–Crippen MR) is 73.9 cm³/mol. The fourth-order valence-corrected chi connectivity index (χ4v) is 1.56. The lowest BCUT2D eigenvalue weighted by Gasteiger charge is -2.14. The molecule has 0 bridgehead atoms. The number of carbonyl (C=O) groups is 1. The van der Waals surface area contributed by atoms with Crippen molar-refractivity contribution in [2.45, 2.75) is 20.3 Å². The van der Waals surface area contributed by atoms with E-state index in [-0.39, 0.29) is 11.8 Å². The highest BCUT2D eigenvalue weighted by atomic mass is 16.5. The van der Waals surface area contributed by atoms with Gasteiger partial charge in [0.15, 0.2) is 0 Å². The van der Waals surface area contributed by atoms with Crippen molar-refractivity contribution >= 4 is 11.6 Å². The van der Waals surface area contributed by atoms with Crippen molar-refractivity contribution in [2.75, 3.05) is 25.5 Å². The van der Waals surface area contributed by atoms with Gasteiger partial charge in [0.1, 0.15) is 5.75 Å². The summed E-state index contributed by atoms with van der Waals surface area (Å²) in [6.07, 6.45) is 0.943. The monoisotopic (exact) mass is 250 g/mol. The van der Waals surface area contributed by atoms with Crippen LogP contribution in [0, 0.1) is 5.92 Å². The standard InChI is InChI=1S/C14H22N2O2/c1-4-9-18-13-8-6-5-7-12(13)16-14(17)11(2)10-15-3/h5-8,11,15H,4,9-10H2,1-3H3,(H,16,17). The molecular weight excluding hydrogens is 228 g/mol. The molecule has 1 aromatic rings. The smallest absolute Gasteiger partial charge is 0.228 e. The first-order valence-corrected chi connectivity index (χ1v) is 6.36. The summed E-state index contributed by atoms with van der Waals surface area (Å²) in [6, 6.07) is 7.51. The molecule has 2 N–H and O–H groups in total. The number of nitrogens with one attached hydrogen (secondary N) is 2. The molecule has 0 aromatic heterocycles. The molecule has 0 radical (unpaired) electrons. The van der Waals surface area contributed by atoms with Crippen molar-refractivity contribution in [3.05, 3.63) is 24.3 Å². The zero-order valence-corrected chi connectivity index (χ0v) is 11.3. The van der Waals surface area contributed by atoms with E-state index < -0.39 is 0 Å². The van der Waals surface area contributed by atoms with Crippen LogP contribution in [0.5, 0.6) is 5.75 Å². The molecule has 0 aliphatic heterocycles. The molecule has 1 amide bonds. The first kappa shape index (κ1) is 14.5. The van der Waals surface area contributed by atoms with Gasteiger partial charge in [0.2, 0.25) is 5.91 Å². The van der Waals surface area contributed by atoms with Gasteiger partial charge in [-0.05, 0) is 25.6 Å². The van der Waals surface area contributed by atoms with Crippen LogP contribution < -0.4 is 15.4 Å². The molecule has 0 saturated carbocycles. The van der Waals surface area contributed by atoms with E-state index in [9.17, 15) is 4.79 Å². The Morgan fingerprint density at radius 3 is 2.78 bits per heavy atom. The van der Waals surface area contributed by atoms with Crippen LogP contribution in [0.3, 0.4) is 0 Å². The molecule has 1 unspecified atom stereocenters. The molecule has 1 atom stereocenters. The van der Waals surface area contributed by atoms with E-state index >= 15 is 0 Å². The fraction of sp³-hybridized carbons (Fsp3) is 0.500. The van der Waals surface area contributed by atoms with Gasteiger partial charge >= 0.3 is 0 Å². The first-order valence-electron chi connectivity index (χ1n) is 6.36. The molecule has 0 aliphatic carbocycles. The molecular formula is C14H22N2O2. The first-order chi connectivity index (χ1) is 8.69. The van der Waals surface area contributed by atoms with Gasteiger partial charge in [-0.15, -0.1) is 0 Å². The average Bonchev–Trinajstić information content (AvgIpc) is 2.38. The normalized spacial score (nSPS) is 11.9. The highest BCUT2D eigenvalue weighted by molar-refractivity contribution is 5.93. The second-order valence-electron chi connectivity index (χ2n) is 4.29. The maximum Gasteiger partial charge on any atom is 0.228 e. The summed E-state index contributed by atoms with van der Waals surface area (Å²) >= 11 is 0. The molecule has 4 nitrogen and oxygen atoms in total. The number of hydrogen-bond acceptors (Lipinski definition) is 3. The van der Waals surface area contributed by atoms with Crippen LogP contribution >= 0.6 is 0 Å². The quantitative estimate of drug-likeness (QED) is 0.780. The summed E-state index contributed by atoms with van der Waals surface area (Å²) in [5.74, 6) is 0.649. The Kier molecular flexibility index (Phi) is 6.22. The molecule has 1 rings (SSSR count). The minimum atomic E-state index is -0.0748. The molecule has 4 heteroatoms. The maximum absolute atomic E-state index is 11.9. The Morgan fingerprint density at radius 1 is 1.39 bits per heavy atom. The van der Waals surface area contributed by atoms with E-state index in [1.807, 2.05) is 38.2 Å². The second kappa shape index (κ2) is 7.71. The van der Waals surface area contributed by atoms with Crippen LogP contribution in [0.15, 0.2) is 24.3 Å². The van der Waals surface area contributed by atoms with E-state index in [0.717, 1.165) is 17.9 Å². The van der Waals surface area contributed by atoms with E-state index in [2.05, 4.69) is 17.6 Å². The molecule has 0 aliphatic rings. The fourth-order valence-electron chi connectivity index (χ4n) is 1.56. The highest BCUT2D eigenvalue weighted by Gasteiger charge is 2.13. The van der Waals surface area contributed by atoms with E-state index in [4.69, 9.17) is 4.74 Å². The van der Waals surface area contributed by atoms with Gasteiger partial charge in [-0.2, -0.15) is 0 Å². The summed E-state index contributed by atoms with van der Waals surface area (Å²) in [7, 11) is 1.84. The van der Waals surface area contributed by atoms with Crippen LogP contribution in [-0.2, 0) is 4.79 Å². The van der Waals surface area contributed by atoms with Crippen LogP contribution in [0.2, 0.25) is 0 Å². The van der Waals surface area contributed by atoms with Crippen LogP contribution in [0.25, 0.3) is 0 Å². The van der Waals surface area contributed by atoms with Gasteiger partial charge < -0.3 is 15.4 Å². The number of benzene rings is 1. The Balaban J connectivity index is 2.68. The van der Waals surface area contributed by atoms with Gasteiger partial charge in [-0.25, -0.2) is 0 Å². The van der Waals surface area contributed by atoms with E-state index in [1.165, 1.54) is 0 Å². The number of para-hydroxylation sites is 2. The molecule has 0 fully saturated rings. The van der Waals surface area contributed by atoms with Crippen LogP contribution in [0.1, 0.15) is 20.3 Å². The van der Waals surface area contributed by atoms with Gasteiger partial charge in [0.25, 0.3) is 0 Å². The minimum absolute atomic E-state index is 0.00287. The van der Waals surface area contributed by atoms with Crippen molar-refractivity contribution in [1.29, 1.82) is 0 Å². The summed E-state index contributed by atoms with van der Waals surface area (Å²) in [5.41, 5.74) is 0.735. The summed E-state index contributed by atoms with van der Waals surface area (Å²) < 4.78 is 5.60. The summed E-state index contributed by atoms with van der Waals surface area (Å²) in [6.45, 7) is 5.25. The lowest BCUT2D eigenvalue weighted by atomic mass is 10.1. The van der Waals surface area contributed by atoms with Gasteiger partial charge in [-0.1, -0.05) is 26.0 Å². The topological polar surface area (TPSA) is 50.4 Å². The number of ether oxygens (including phenoxy) is 1. The van der Waals surface area contributed by atoms with Crippen molar-refractivity contribution in [1.82, 2.24) is 5.32 Å². The third-order valence-electron chi connectivity index (χ3n) is 2.56. The Morgan fingerprint density at radius 2 is 2.11 bits per heavy atom. The molecule has 100 valence electrons. The highest BCUT2D eigenvalue weighted by Crippen LogP contribution is 2.24. The number of hydrogen-bond donors (Lipinski definition) is 2. The zero-order chi connectivity index (χ0) is 13.4. The van der Waals surface area contributed by atoms with Crippen molar-refractivity contribution in [3.63, 3.8) is 0 Å². The molecule has 0 heterocycles. The Bertz CT molecular complexity index is 380. The van der Waals surface area contributed by atoms with Gasteiger partial charge in [0, 0.05) is 12.5 Å². The third kappa shape index (κ3) is 4.37.